The van der Waals surface area contributed by atoms with Crippen LogP contribution in [0.3, 0.4) is 0 Å². The molecule has 1 fully saturated rings. The minimum Gasteiger partial charge on any atom is -0.369 e. The van der Waals surface area contributed by atoms with Crippen LogP contribution >= 0.6 is 0 Å². The number of rotatable bonds is 6. The zero-order valence-electron chi connectivity index (χ0n) is 13.0. The molecule has 0 spiro atoms. The minimum absolute atomic E-state index is 0.0257. The van der Waals surface area contributed by atoms with Crippen LogP contribution < -0.4 is 5.73 Å². The van der Waals surface area contributed by atoms with Gasteiger partial charge in [-0.05, 0) is 32.1 Å². The molecule has 0 aromatic heterocycles. The average molecular weight is 318 g/mol. The maximum Gasteiger partial charge on any atom is 0.238 e. The van der Waals surface area contributed by atoms with Crippen molar-refractivity contribution in [3.63, 3.8) is 0 Å². The Morgan fingerprint density at radius 2 is 1.90 bits per heavy atom. The van der Waals surface area contributed by atoms with E-state index in [0.29, 0.717) is 19.3 Å². The van der Waals surface area contributed by atoms with Gasteiger partial charge in [0.2, 0.25) is 11.8 Å². The quantitative estimate of drug-likeness (QED) is 0.773. The first-order chi connectivity index (χ1) is 9.62. The van der Waals surface area contributed by atoms with Crippen molar-refractivity contribution in [1.29, 1.82) is 0 Å². The van der Waals surface area contributed by atoms with Gasteiger partial charge in [0.15, 0.2) is 9.84 Å². The summed E-state index contributed by atoms with van der Waals surface area (Å²) >= 11 is 0. The Morgan fingerprint density at radius 1 is 1.29 bits per heavy atom. The summed E-state index contributed by atoms with van der Waals surface area (Å²) < 4.78 is 23.9. The van der Waals surface area contributed by atoms with Gasteiger partial charge in [-0.25, -0.2) is 8.42 Å². The van der Waals surface area contributed by atoms with Crippen molar-refractivity contribution < 1.29 is 18.0 Å². The van der Waals surface area contributed by atoms with Gasteiger partial charge in [0.25, 0.3) is 0 Å². The highest BCUT2D eigenvalue weighted by molar-refractivity contribution is 7.92. The summed E-state index contributed by atoms with van der Waals surface area (Å²) in [6.45, 7) is 5.99. The van der Waals surface area contributed by atoms with Crippen molar-refractivity contribution in [3.8, 4) is 0 Å². The predicted molar refractivity (Wildman–Crippen MR) is 81.2 cm³/mol. The second kappa shape index (κ2) is 7.24. The molecule has 21 heavy (non-hydrogen) atoms. The number of likely N-dealkylation sites (tertiary alicyclic amines) is 1. The number of sulfone groups is 1. The van der Waals surface area contributed by atoms with E-state index in [9.17, 15) is 18.0 Å². The number of nitrogens with two attached hydrogens (primary N) is 1. The summed E-state index contributed by atoms with van der Waals surface area (Å²) in [7, 11) is -3.39. The Bertz CT molecular complexity index is 487. The number of piperidine rings is 1. The highest BCUT2D eigenvalue weighted by Crippen LogP contribution is 2.22. The van der Waals surface area contributed by atoms with E-state index in [2.05, 4.69) is 0 Å². The molecular weight excluding hydrogens is 292 g/mol. The van der Waals surface area contributed by atoms with Crippen molar-refractivity contribution in [2.75, 3.05) is 18.1 Å². The first-order valence-corrected chi connectivity index (χ1v) is 9.23. The fourth-order valence-corrected chi connectivity index (χ4v) is 3.96. The molecule has 1 heterocycles. The Morgan fingerprint density at radius 3 is 2.43 bits per heavy atom. The third-order valence-electron chi connectivity index (χ3n) is 3.95. The number of amides is 2. The molecular formula is C14H26N2O4S. The lowest BCUT2D eigenvalue weighted by Crippen LogP contribution is -2.50. The van der Waals surface area contributed by atoms with E-state index in [1.807, 2.05) is 20.8 Å². The molecule has 1 aliphatic heterocycles. The molecule has 1 rings (SSSR count). The van der Waals surface area contributed by atoms with Gasteiger partial charge in [0, 0.05) is 12.6 Å². The van der Waals surface area contributed by atoms with E-state index >= 15 is 0 Å². The molecule has 0 saturated carbocycles. The van der Waals surface area contributed by atoms with Gasteiger partial charge in [-0.15, -0.1) is 0 Å². The van der Waals surface area contributed by atoms with Crippen LogP contribution in [0.4, 0.5) is 0 Å². The van der Waals surface area contributed by atoms with Crippen LogP contribution in [-0.2, 0) is 19.4 Å². The normalized spacial score (nSPS) is 23.3. The molecule has 0 unspecified atom stereocenters. The van der Waals surface area contributed by atoms with Gasteiger partial charge in [0.1, 0.15) is 5.75 Å². The number of carbonyl (C=O) groups is 2. The summed E-state index contributed by atoms with van der Waals surface area (Å²) in [5.74, 6) is -1.39. The van der Waals surface area contributed by atoms with Gasteiger partial charge < -0.3 is 10.6 Å². The van der Waals surface area contributed by atoms with E-state index in [1.165, 1.54) is 4.90 Å². The third kappa shape index (κ3) is 5.65. The van der Waals surface area contributed by atoms with Crippen LogP contribution in [0.25, 0.3) is 0 Å². The van der Waals surface area contributed by atoms with Crippen molar-refractivity contribution >= 4 is 21.7 Å². The topological polar surface area (TPSA) is 97.5 Å². The SMILES string of the molecule is CC(C)CCS(=O)(=O)CC(=O)N1C[C@H](C(N)=O)CC[C@H]1C. The van der Waals surface area contributed by atoms with Gasteiger partial charge in [0.05, 0.1) is 11.7 Å². The molecule has 2 atom stereocenters. The maximum atomic E-state index is 12.2. The number of hydrogen-bond acceptors (Lipinski definition) is 4. The van der Waals surface area contributed by atoms with E-state index in [1.54, 1.807) is 0 Å². The fraction of sp³-hybridized carbons (Fsp3) is 0.857. The van der Waals surface area contributed by atoms with E-state index < -0.39 is 27.4 Å². The zero-order valence-corrected chi connectivity index (χ0v) is 13.9. The monoisotopic (exact) mass is 318 g/mol. The minimum atomic E-state index is -3.39. The van der Waals surface area contributed by atoms with Crippen LogP contribution in [0.2, 0.25) is 0 Å². The van der Waals surface area contributed by atoms with Gasteiger partial charge in [-0.1, -0.05) is 13.8 Å². The molecule has 1 saturated heterocycles. The number of carbonyl (C=O) groups excluding carboxylic acids is 2. The molecule has 0 aromatic rings. The summed E-state index contributed by atoms with van der Waals surface area (Å²) in [5, 5.41) is 0. The van der Waals surface area contributed by atoms with Gasteiger partial charge in [-0.2, -0.15) is 0 Å². The lowest BCUT2D eigenvalue weighted by molar-refractivity contribution is -0.135. The second-order valence-electron chi connectivity index (χ2n) is 6.35. The van der Waals surface area contributed by atoms with E-state index in [0.717, 1.165) is 0 Å². The first-order valence-electron chi connectivity index (χ1n) is 7.41. The lowest BCUT2D eigenvalue weighted by Gasteiger charge is -2.36. The highest BCUT2D eigenvalue weighted by Gasteiger charge is 2.33. The Kier molecular flexibility index (Phi) is 6.19. The number of primary amides is 1. The Balaban J connectivity index is 2.66. The van der Waals surface area contributed by atoms with Crippen LogP contribution in [0.1, 0.15) is 40.0 Å². The molecule has 2 N–H and O–H groups in total. The van der Waals surface area contributed by atoms with Crippen molar-refractivity contribution in [2.45, 2.75) is 46.1 Å². The summed E-state index contributed by atoms with van der Waals surface area (Å²) in [5.41, 5.74) is 5.29. The van der Waals surface area contributed by atoms with Crippen LogP contribution in [0, 0.1) is 11.8 Å². The smallest absolute Gasteiger partial charge is 0.238 e. The standard InChI is InChI=1S/C14H26N2O4S/c1-10(2)6-7-21(19,20)9-13(17)16-8-12(14(15)18)5-4-11(16)3/h10-12H,4-9H2,1-3H3,(H2,15,18)/t11-,12-/m1/s1. The molecule has 2 amide bonds. The lowest BCUT2D eigenvalue weighted by atomic mass is 9.93. The number of hydrogen-bond donors (Lipinski definition) is 1. The summed E-state index contributed by atoms with van der Waals surface area (Å²) in [4.78, 5) is 25.0. The molecule has 1 aliphatic rings. The van der Waals surface area contributed by atoms with E-state index in [-0.39, 0.29) is 30.2 Å². The number of nitrogens with zero attached hydrogens (tertiary/aromatic N) is 1. The molecule has 0 aliphatic carbocycles. The molecule has 122 valence electrons. The highest BCUT2D eigenvalue weighted by atomic mass is 32.2. The van der Waals surface area contributed by atoms with Crippen molar-refractivity contribution in [3.05, 3.63) is 0 Å². The molecule has 0 bridgehead atoms. The third-order valence-corrected chi connectivity index (χ3v) is 5.50. The van der Waals surface area contributed by atoms with Gasteiger partial charge >= 0.3 is 0 Å². The largest absolute Gasteiger partial charge is 0.369 e. The molecule has 6 nitrogen and oxygen atoms in total. The molecule has 0 radical (unpaired) electrons. The molecule has 0 aromatic carbocycles. The van der Waals surface area contributed by atoms with Crippen LogP contribution in [0.5, 0.6) is 0 Å². The van der Waals surface area contributed by atoms with Crippen molar-refractivity contribution in [2.24, 2.45) is 17.6 Å². The zero-order chi connectivity index (χ0) is 16.2. The Hall–Kier alpha value is -1.11. The van der Waals surface area contributed by atoms with Crippen LogP contribution in [0.15, 0.2) is 0 Å². The Labute approximate surface area is 127 Å². The van der Waals surface area contributed by atoms with Crippen molar-refractivity contribution in [1.82, 2.24) is 4.90 Å². The molecule has 7 heteroatoms. The first kappa shape index (κ1) is 17.9. The average Bonchev–Trinajstić information content (AvgIpc) is 2.36. The van der Waals surface area contributed by atoms with Gasteiger partial charge in [-0.3, -0.25) is 9.59 Å². The van der Waals surface area contributed by atoms with Crippen LogP contribution in [-0.4, -0.2) is 49.2 Å². The fourth-order valence-electron chi connectivity index (χ4n) is 2.45. The maximum absolute atomic E-state index is 12.2. The second-order valence-corrected chi connectivity index (χ2v) is 8.53. The summed E-state index contributed by atoms with van der Waals surface area (Å²) in [6.07, 6.45) is 1.88. The summed E-state index contributed by atoms with van der Waals surface area (Å²) in [6, 6.07) is -0.0478. The van der Waals surface area contributed by atoms with E-state index in [4.69, 9.17) is 5.73 Å². The predicted octanol–water partition coefficient (Wildman–Crippen LogP) is 0.560.